The Hall–Kier alpha value is -2.22. The summed E-state index contributed by atoms with van der Waals surface area (Å²) >= 11 is 0. The summed E-state index contributed by atoms with van der Waals surface area (Å²) in [5, 5.41) is 3.43. The van der Waals surface area contributed by atoms with Crippen LogP contribution in [0.5, 0.6) is 0 Å². The second-order valence-electron chi connectivity index (χ2n) is 4.89. The zero-order valence-electron chi connectivity index (χ0n) is 10.9. The highest BCUT2D eigenvalue weighted by Crippen LogP contribution is 2.29. The normalized spacial score (nSPS) is 12.9. The maximum absolute atomic E-state index is 5.67. The molecule has 3 rings (SSSR count). The minimum absolute atomic E-state index is 0.804. The van der Waals surface area contributed by atoms with Gasteiger partial charge in [-0.3, -0.25) is 0 Å². The lowest BCUT2D eigenvalue weighted by Crippen LogP contribution is -2.02. The van der Waals surface area contributed by atoms with Crippen molar-refractivity contribution >= 4 is 16.9 Å². The molecule has 0 saturated carbocycles. The first-order valence-corrected chi connectivity index (χ1v) is 6.69. The first-order valence-electron chi connectivity index (χ1n) is 6.69. The average Bonchev–Trinajstić information content (AvgIpc) is 2.85. The van der Waals surface area contributed by atoms with Gasteiger partial charge in [0.05, 0.1) is 0 Å². The van der Waals surface area contributed by atoms with Crippen LogP contribution in [0, 0.1) is 0 Å². The molecule has 2 heteroatoms. The van der Waals surface area contributed by atoms with E-state index in [4.69, 9.17) is 5.73 Å². The van der Waals surface area contributed by atoms with Gasteiger partial charge in [-0.2, -0.15) is 0 Å². The van der Waals surface area contributed by atoms with E-state index in [1.54, 1.807) is 0 Å². The molecule has 0 spiro atoms. The lowest BCUT2D eigenvalue weighted by molar-refractivity contribution is 1.08. The molecule has 0 unspecified atom stereocenters. The molecule has 0 atom stereocenters. The molecule has 2 nitrogen and oxygen atoms in total. The number of hydrogen-bond acceptors (Lipinski definition) is 2. The van der Waals surface area contributed by atoms with Gasteiger partial charge in [0.15, 0.2) is 0 Å². The third-order valence-electron chi connectivity index (χ3n) is 3.57. The molecule has 0 bridgehead atoms. The molecule has 2 aromatic rings. The Morgan fingerprint density at radius 3 is 2.63 bits per heavy atom. The Morgan fingerprint density at radius 2 is 1.79 bits per heavy atom. The summed E-state index contributed by atoms with van der Waals surface area (Å²) < 4.78 is 0. The number of nitrogens with two attached hydrogens (primary N) is 1. The highest BCUT2D eigenvalue weighted by molar-refractivity contribution is 5.73. The van der Waals surface area contributed by atoms with Crippen molar-refractivity contribution in [2.75, 3.05) is 17.6 Å². The van der Waals surface area contributed by atoms with Crippen molar-refractivity contribution in [2.24, 2.45) is 0 Å². The Balaban J connectivity index is 1.58. The fraction of sp³-hybridized carbons (Fsp3) is 0.176. The van der Waals surface area contributed by atoms with Gasteiger partial charge < -0.3 is 11.1 Å². The summed E-state index contributed by atoms with van der Waals surface area (Å²) in [6.07, 6.45) is 4.48. The van der Waals surface area contributed by atoms with Gasteiger partial charge in [0.25, 0.3) is 0 Å². The van der Waals surface area contributed by atoms with Gasteiger partial charge in [0.2, 0.25) is 0 Å². The smallest absolute Gasteiger partial charge is 0.0341 e. The summed E-state index contributed by atoms with van der Waals surface area (Å²) in [6.45, 7) is 0.948. The second-order valence-corrected chi connectivity index (χ2v) is 4.89. The summed E-state index contributed by atoms with van der Waals surface area (Å²) in [4.78, 5) is 0. The molecule has 0 heterocycles. The van der Waals surface area contributed by atoms with Gasteiger partial charge in [-0.1, -0.05) is 30.3 Å². The van der Waals surface area contributed by atoms with Crippen LogP contribution >= 0.6 is 0 Å². The summed E-state index contributed by atoms with van der Waals surface area (Å²) in [6, 6.07) is 16.6. The van der Waals surface area contributed by atoms with Crippen molar-refractivity contribution in [1.29, 1.82) is 0 Å². The lowest BCUT2D eigenvalue weighted by atomic mass is 10.0. The van der Waals surface area contributed by atoms with E-state index in [1.807, 2.05) is 24.3 Å². The van der Waals surface area contributed by atoms with Crippen LogP contribution in [-0.4, -0.2) is 6.54 Å². The summed E-state index contributed by atoms with van der Waals surface area (Å²) in [5.74, 6) is 0. The monoisotopic (exact) mass is 250 g/mol. The minimum atomic E-state index is 0.804. The zero-order chi connectivity index (χ0) is 13.1. The van der Waals surface area contributed by atoms with Crippen LogP contribution in [-0.2, 0) is 6.42 Å². The molecule has 0 aliphatic heterocycles. The summed E-state index contributed by atoms with van der Waals surface area (Å²) in [5.41, 5.74) is 11.9. The van der Waals surface area contributed by atoms with E-state index >= 15 is 0 Å². The molecule has 0 saturated heterocycles. The van der Waals surface area contributed by atoms with E-state index in [1.165, 1.54) is 16.7 Å². The van der Waals surface area contributed by atoms with Crippen molar-refractivity contribution in [2.45, 2.75) is 12.8 Å². The third-order valence-corrected chi connectivity index (χ3v) is 3.57. The zero-order valence-corrected chi connectivity index (χ0v) is 10.9. The van der Waals surface area contributed by atoms with Crippen LogP contribution in [0.3, 0.4) is 0 Å². The molecule has 0 fully saturated rings. The van der Waals surface area contributed by atoms with Gasteiger partial charge in [-0.05, 0) is 53.8 Å². The number of nitrogen functional groups attached to an aromatic ring is 1. The van der Waals surface area contributed by atoms with Gasteiger partial charge in [0.1, 0.15) is 0 Å². The predicted molar refractivity (Wildman–Crippen MR) is 82.1 cm³/mol. The topological polar surface area (TPSA) is 38.0 Å². The number of nitrogens with one attached hydrogen (secondary N) is 1. The van der Waals surface area contributed by atoms with Gasteiger partial charge in [-0.15, -0.1) is 0 Å². The molecule has 1 aliphatic rings. The van der Waals surface area contributed by atoms with Crippen LogP contribution in [0.15, 0.2) is 54.6 Å². The van der Waals surface area contributed by atoms with Gasteiger partial charge in [-0.25, -0.2) is 0 Å². The highest BCUT2D eigenvalue weighted by atomic mass is 14.9. The van der Waals surface area contributed by atoms with E-state index in [0.29, 0.717) is 0 Å². The number of benzene rings is 2. The molecule has 2 aromatic carbocycles. The predicted octanol–water partition coefficient (Wildman–Crippen LogP) is 3.71. The van der Waals surface area contributed by atoms with Crippen LogP contribution in [0.25, 0.3) is 5.57 Å². The summed E-state index contributed by atoms with van der Waals surface area (Å²) in [7, 11) is 0. The molecular formula is C17H18N2. The van der Waals surface area contributed by atoms with Crippen LogP contribution < -0.4 is 11.1 Å². The molecule has 96 valence electrons. The quantitative estimate of drug-likeness (QED) is 0.812. The molecule has 1 aliphatic carbocycles. The maximum atomic E-state index is 5.67. The Kier molecular flexibility index (Phi) is 3.23. The molecule has 0 aromatic heterocycles. The second kappa shape index (κ2) is 5.19. The van der Waals surface area contributed by atoms with Crippen molar-refractivity contribution in [1.82, 2.24) is 0 Å². The van der Waals surface area contributed by atoms with Crippen LogP contribution in [0.2, 0.25) is 0 Å². The van der Waals surface area contributed by atoms with E-state index < -0.39 is 0 Å². The Labute approximate surface area is 114 Å². The lowest BCUT2D eigenvalue weighted by Gasteiger charge is -2.08. The molecule has 19 heavy (non-hydrogen) atoms. The molecule has 0 amide bonds. The molecule has 3 N–H and O–H groups in total. The van der Waals surface area contributed by atoms with Crippen LogP contribution in [0.1, 0.15) is 17.5 Å². The fourth-order valence-corrected chi connectivity index (χ4v) is 2.53. The largest absolute Gasteiger partial charge is 0.399 e. The minimum Gasteiger partial charge on any atom is -0.399 e. The van der Waals surface area contributed by atoms with Crippen LogP contribution in [0.4, 0.5) is 11.4 Å². The van der Waals surface area contributed by atoms with Crippen molar-refractivity contribution in [3.63, 3.8) is 0 Å². The average molecular weight is 250 g/mol. The Morgan fingerprint density at radius 1 is 1.00 bits per heavy atom. The first-order chi connectivity index (χ1) is 9.33. The van der Waals surface area contributed by atoms with E-state index in [-0.39, 0.29) is 0 Å². The fourth-order valence-electron chi connectivity index (χ4n) is 2.53. The molecule has 0 radical (unpaired) electrons. The van der Waals surface area contributed by atoms with Crippen molar-refractivity contribution in [3.05, 3.63) is 65.7 Å². The van der Waals surface area contributed by atoms with Gasteiger partial charge >= 0.3 is 0 Å². The van der Waals surface area contributed by atoms with E-state index in [9.17, 15) is 0 Å². The maximum Gasteiger partial charge on any atom is 0.0341 e. The first kappa shape index (κ1) is 11.8. The number of anilines is 2. The SMILES string of the molecule is Nc1ccc(NCCC2=CCc3ccccc32)cc1. The number of fused-ring (bicyclic) bond motifs is 1. The highest BCUT2D eigenvalue weighted by Gasteiger charge is 2.12. The Bertz CT molecular complexity index is 597. The standard InChI is InChI=1S/C17H18N2/c18-15-7-9-16(10-8-15)19-12-11-14-6-5-13-3-1-2-4-17(13)14/h1-4,6-10,19H,5,11-12,18H2. The van der Waals surface area contributed by atoms with Gasteiger partial charge in [0, 0.05) is 17.9 Å². The number of allylic oxidation sites excluding steroid dienone is 1. The number of rotatable bonds is 4. The molecular weight excluding hydrogens is 232 g/mol. The van der Waals surface area contributed by atoms with Crippen molar-refractivity contribution < 1.29 is 0 Å². The van der Waals surface area contributed by atoms with Crippen molar-refractivity contribution in [3.8, 4) is 0 Å². The number of hydrogen-bond donors (Lipinski definition) is 2. The third kappa shape index (κ3) is 2.63. The van der Waals surface area contributed by atoms with E-state index in [2.05, 4.69) is 35.7 Å². The van der Waals surface area contributed by atoms with E-state index in [0.717, 1.165) is 30.8 Å².